The third-order valence-corrected chi connectivity index (χ3v) is 3.19. The largest absolute Gasteiger partial charge is 0.408 e. The zero-order chi connectivity index (χ0) is 14.9. The molecule has 0 radical (unpaired) electrons. The maximum atomic E-state index is 13.6. The third-order valence-electron chi connectivity index (χ3n) is 3.19. The Morgan fingerprint density at radius 2 is 1.60 bits per heavy atom. The second-order valence-corrected chi connectivity index (χ2v) is 4.49. The average molecular weight is 298 g/mol. The minimum absolute atomic E-state index is 0.0443. The summed E-state index contributed by atoms with van der Waals surface area (Å²) < 4.78 is 79.1. The van der Waals surface area contributed by atoms with Crippen LogP contribution in [0.25, 0.3) is 0 Å². The summed E-state index contributed by atoms with van der Waals surface area (Å²) in [6.07, 6.45) is -4.78. The fourth-order valence-corrected chi connectivity index (χ4v) is 2.27. The van der Waals surface area contributed by atoms with Crippen LogP contribution in [0, 0.1) is 17.5 Å². The molecule has 8 heteroatoms. The van der Waals surface area contributed by atoms with Crippen molar-refractivity contribution in [2.75, 3.05) is 26.2 Å². The van der Waals surface area contributed by atoms with Gasteiger partial charge in [0.05, 0.1) is 0 Å². The molecular weight excluding hydrogens is 286 g/mol. The van der Waals surface area contributed by atoms with Crippen molar-refractivity contribution < 1.29 is 26.3 Å². The van der Waals surface area contributed by atoms with Crippen molar-refractivity contribution in [1.29, 1.82) is 0 Å². The van der Waals surface area contributed by atoms with Crippen molar-refractivity contribution in [3.8, 4) is 0 Å². The van der Waals surface area contributed by atoms with Gasteiger partial charge in [0.15, 0.2) is 17.5 Å². The van der Waals surface area contributed by atoms with E-state index in [1.807, 2.05) is 0 Å². The number of nitrogens with one attached hydrogen (secondary N) is 1. The Bertz CT molecular complexity index is 482. The van der Waals surface area contributed by atoms with E-state index in [1.165, 1.54) is 0 Å². The predicted molar refractivity (Wildman–Crippen MR) is 59.6 cm³/mol. The molecule has 112 valence electrons. The van der Waals surface area contributed by atoms with Crippen molar-refractivity contribution >= 4 is 0 Å². The SMILES string of the molecule is Fc1ccc([C@H](N2CCNCC2)C(F)(F)F)c(F)c1F. The molecule has 0 unspecified atom stereocenters. The van der Waals surface area contributed by atoms with Crippen LogP contribution in [-0.2, 0) is 0 Å². The van der Waals surface area contributed by atoms with Crippen LogP contribution in [0.3, 0.4) is 0 Å². The summed E-state index contributed by atoms with van der Waals surface area (Å²) in [6, 6.07) is -1.12. The van der Waals surface area contributed by atoms with E-state index in [2.05, 4.69) is 5.32 Å². The summed E-state index contributed by atoms with van der Waals surface area (Å²) in [5.74, 6) is -5.18. The lowest BCUT2D eigenvalue weighted by molar-refractivity contribution is -0.188. The first kappa shape index (κ1) is 15.1. The fourth-order valence-electron chi connectivity index (χ4n) is 2.27. The molecule has 1 N–H and O–H groups in total. The van der Waals surface area contributed by atoms with Crippen LogP contribution in [0.2, 0.25) is 0 Å². The number of rotatable bonds is 2. The number of alkyl halides is 3. The van der Waals surface area contributed by atoms with Crippen molar-refractivity contribution in [3.05, 3.63) is 35.1 Å². The molecule has 1 heterocycles. The first-order valence-electron chi connectivity index (χ1n) is 5.97. The van der Waals surface area contributed by atoms with Crippen LogP contribution in [0.15, 0.2) is 12.1 Å². The molecule has 0 aliphatic carbocycles. The van der Waals surface area contributed by atoms with Crippen LogP contribution in [0.1, 0.15) is 11.6 Å². The lowest BCUT2D eigenvalue weighted by Crippen LogP contribution is -2.49. The van der Waals surface area contributed by atoms with Crippen LogP contribution >= 0.6 is 0 Å². The number of benzene rings is 1. The minimum Gasteiger partial charge on any atom is -0.314 e. The molecule has 1 aliphatic rings. The second kappa shape index (κ2) is 5.61. The molecular formula is C12H12F6N2. The van der Waals surface area contributed by atoms with E-state index in [0.717, 1.165) is 4.90 Å². The van der Waals surface area contributed by atoms with Crippen molar-refractivity contribution in [2.24, 2.45) is 0 Å². The molecule has 0 amide bonds. The van der Waals surface area contributed by atoms with Gasteiger partial charge in [-0.05, 0) is 6.07 Å². The number of hydrogen-bond acceptors (Lipinski definition) is 2. The van der Waals surface area contributed by atoms with E-state index in [4.69, 9.17) is 0 Å². The number of halogens is 6. The summed E-state index contributed by atoms with van der Waals surface area (Å²) in [5, 5.41) is 2.87. The zero-order valence-corrected chi connectivity index (χ0v) is 10.3. The van der Waals surface area contributed by atoms with Gasteiger partial charge in [-0.2, -0.15) is 13.2 Å². The van der Waals surface area contributed by atoms with Gasteiger partial charge in [-0.1, -0.05) is 6.07 Å². The Labute approximate surface area is 111 Å². The Morgan fingerprint density at radius 1 is 1.00 bits per heavy atom. The number of piperazine rings is 1. The van der Waals surface area contributed by atoms with Gasteiger partial charge >= 0.3 is 6.18 Å². The van der Waals surface area contributed by atoms with Crippen LogP contribution in [0.4, 0.5) is 26.3 Å². The van der Waals surface area contributed by atoms with Gasteiger partial charge in [-0.25, -0.2) is 13.2 Å². The van der Waals surface area contributed by atoms with Crippen LogP contribution in [0.5, 0.6) is 0 Å². The molecule has 1 aromatic rings. The summed E-state index contributed by atoms with van der Waals surface area (Å²) in [6.45, 7) is 0.723. The molecule has 1 aliphatic heterocycles. The van der Waals surface area contributed by atoms with Crippen LogP contribution < -0.4 is 5.32 Å². The van der Waals surface area contributed by atoms with Crippen molar-refractivity contribution in [1.82, 2.24) is 10.2 Å². The molecule has 0 aromatic heterocycles. The highest BCUT2D eigenvalue weighted by atomic mass is 19.4. The third kappa shape index (κ3) is 2.90. The van der Waals surface area contributed by atoms with E-state index >= 15 is 0 Å². The minimum atomic E-state index is -4.78. The smallest absolute Gasteiger partial charge is 0.314 e. The summed E-state index contributed by atoms with van der Waals surface area (Å²) in [7, 11) is 0. The lowest BCUT2D eigenvalue weighted by Gasteiger charge is -2.36. The molecule has 1 saturated heterocycles. The van der Waals surface area contributed by atoms with Gasteiger partial charge in [-0.3, -0.25) is 4.90 Å². The Balaban J connectivity index is 2.44. The zero-order valence-electron chi connectivity index (χ0n) is 10.3. The highest BCUT2D eigenvalue weighted by Gasteiger charge is 2.46. The molecule has 1 fully saturated rings. The first-order valence-corrected chi connectivity index (χ1v) is 5.97. The van der Waals surface area contributed by atoms with E-state index in [9.17, 15) is 26.3 Å². The van der Waals surface area contributed by atoms with E-state index in [1.54, 1.807) is 0 Å². The maximum absolute atomic E-state index is 13.6. The van der Waals surface area contributed by atoms with E-state index in [-0.39, 0.29) is 13.1 Å². The Kier molecular flexibility index (Phi) is 4.24. The number of nitrogens with zero attached hydrogens (tertiary/aromatic N) is 1. The van der Waals surface area contributed by atoms with Gasteiger partial charge in [0.1, 0.15) is 6.04 Å². The summed E-state index contributed by atoms with van der Waals surface area (Å²) in [5.41, 5.74) is -0.890. The molecule has 20 heavy (non-hydrogen) atoms. The van der Waals surface area contributed by atoms with Gasteiger partial charge < -0.3 is 5.32 Å². The fraction of sp³-hybridized carbons (Fsp3) is 0.500. The van der Waals surface area contributed by atoms with E-state index < -0.39 is 35.2 Å². The number of hydrogen-bond donors (Lipinski definition) is 1. The normalized spacial score (nSPS) is 19.1. The van der Waals surface area contributed by atoms with Crippen LogP contribution in [-0.4, -0.2) is 37.3 Å². The molecule has 0 spiro atoms. The van der Waals surface area contributed by atoms with Gasteiger partial charge in [-0.15, -0.1) is 0 Å². The molecule has 2 nitrogen and oxygen atoms in total. The Morgan fingerprint density at radius 3 is 2.15 bits per heavy atom. The lowest BCUT2D eigenvalue weighted by atomic mass is 10.0. The molecule has 0 saturated carbocycles. The van der Waals surface area contributed by atoms with Crippen molar-refractivity contribution in [3.63, 3.8) is 0 Å². The highest BCUT2D eigenvalue weighted by molar-refractivity contribution is 5.25. The first-order chi connectivity index (χ1) is 9.32. The summed E-state index contributed by atoms with van der Waals surface area (Å²) in [4.78, 5) is 1.01. The quantitative estimate of drug-likeness (QED) is 0.667. The van der Waals surface area contributed by atoms with Gasteiger partial charge in [0.25, 0.3) is 0 Å². The topological polar surface area (TPSA) is 15.3 Å². The van der Waals surface area contributed by atoms with E-state index in [0.29, 0.717) is 25.2 Å². The van der Waals surface area contributed by atoms with Gasteiger partial charge in [0, 0.05) is 31.7 Å². The highest BCUT2D eigenvalue weighted by Crippen LogP contribution is 2.39. The molecule has 1 aromatic carbocycles. The van der Waals surface area contributed by atoms with Gasteiger partial charge in [0.2, 0.25) is 0 Å². The standard InChI is InChI=1S/C12H12F6N2/c13-8-2-1-7(9(14)10(8)15)11(12(16,17)18)20-5-3-19-4-6-20/h1-2,11,19H,3-6H2/t11-/m0/s1. The average Bonchev–Trinajstić information content (AvgIpc) is 2.39. The van der Waals surface area contributed by atoms with Crippen molar-refractivity contribution in [2.45, 2.75) is 12.2 Å². The molecule has 2 rings (SSSR count). The molecule has 0 bridgehead atoms. The predicted octanol–water partition coefficient (Wildman–Crippen LogP) is 2.61. The Hall–Kier alpha value is -1.28. The molecule has 1 atom stereocenters. The maximum Gasteiger partial charge on any atom is 0.408 e. The second-order valence-electron chi connectivity index (χ2n) is 4.49. The monoisotopic (exact) mass is 298 g/mol. The summed E-state index contributed by atoms with van der Waals surface area (Å²) >= 11 is 0.